The molecule has 0 spiro atoms. The summed E-state index contributed by atoms with van der Waals surface area (Å²) in [4.78, 5) is 1.31. The minimum absolute atomic E-state index is 0.615. The van der Waals surface area contributed by atoms with Crippen LogP contribution in [0.4, 0.5) is 0 Å². The smallest absolute Gasteiger partial charge is 0.0704 e. The second-order valence-corrected chi connectivity index (χ2v) is 4.93. The SMILES string of the molecule is Cc1sc(Br)cc1CCC#N. The van der Waals surface area contributed by atoms with Gasteiger partial charge in [0.2, 0.25) is 0 Å². The highest BCUT2D eigenvalue weighted by Crippen LogP contribution is 2.26. The molecule has 0 N–H and O–H groups in total. The molecule has 0 aliphatic rings. The minimum Gasteiger partial charge on any atom is -0.198 e. The van der Waals surface area contributed by atoms with Crippen LogP contribution in [0.2, 0.25) is 0 Å². The number of rotatable bonds is 2. The van der Waals surface area contributed by atoms with E-state index in [2.05, 4.69) is 35.0 Å². The third-order valence-corrected chi connectivity index (χ3v) is 3.09. The van der Waals surface area contributed by atoms with E-state index in [0.717, 1.165) is 10.2 Å². The number of thiophene rings is 1. The molecule has 1 aromatic heterocycles. The molecule has 1 heterocycles. The standard InChI is InChI=1S/C8H8BrNS/c1-6-7(3-2-4-10)5-8(9)11-6/h5H,2-3H2,1H3. The van der Waals surface area contributed by atoms with Gasteiger partial charge in [-0.25, -0.2) is 0 Å². The van der Waals surface area contributed by atoms with Crippen LogP contribution in [0.25, 0.3) is 0 Å². The molecule has 0 saturated heterocycles. The Morgan fingerprint density at radius 1 is 1.73 bits per heavy atom. The zero-order valence-corrected chi connectivity index (χ0v) is 8.63. The largest absolute Gasteiger partial charge is 0.198 e. The van der Waals surface area contributed by atoms with Gasteiger partial charge in [0.05, 0.1) is 9.86 Å². The Morgan fingerprint density at radius 3 is 2.91 bits per heavy atom. The molecular weight excluding hydrogens is 222 g/mol. The molecule has 0 saturated carbocycles. The van der Waals surface area contributed by atoms with E-state index in [1.54, 1.807) is 11.3 Å². The summed E-state index contributed by atoms with van der Waals surface area (Å²) in [5, 5.41) is 8.37. The first-order valence-corrected chi connectivity index (χ1v) is 4.96. The Bertz CT molecular complexity index is 285. The summed E-state index contributed by atoms with van der Waals surface area (Å²) in [5.74, 6) is 0. The first-order chi connectivity index (χ1) is 5.24. The van der Waals surface area contributed by atoms with Crippen LogP contribution >= 0.6 is 27.3 Å². The number of nitrogens with zero attached hydrogens (tertiary/aromatic N) is 1. The number of aryl methyl sites for hydroxylation is 2. The van der Waals surface area contributed by atoms with Crippen molar-refractivity contribution in [2.75, 3.05) is 0 Å². The monoisotopic (exact) mass is 229 g/mol. The zero-order chi connectivity index (χ0) is 8.27. The van der Waals surface area contributed by atoms with Gasteiger partial charge in [-0.2, -0.15) is 5.26 Å². The third kappa shape index (κ3) is 2.32. The van der Waals surface area contributed by atoms with Gasteiger partial charge in [-0.1, -0.05) is 0 Å². The van der Waals surface area contributed by atoms with E-state index in [0.29, 0.717) is 6.42 Å². The molecule has 1 aromatic rings. The summed E-state index contributed by atoms with van der Waals surface area (Å²) in [6.45, 7) is 2.09. The topological polar surface area (TPSA) is 23.8 Å². The number of halogens is 1. The highest BCUT2D eigenvalue weighted by molar-refractivity contribution is 9.11. The molecule has 3 heteroatoms. The quantitative estimate of drug-likeness (QED) is 0.764. The number of hydrogen-bond acceptors (Lipinski definition) is 2. The first kappa shape index (κ1) is 8.76. The van der Waals surface area contributed by atoms with Crippen LogP contribution in [0.1, 0.15) is 16.9 Å². The Kier molecular flexibility index (Phi) is 3.10. The van der Waals surface area contributed by atoms with Crippen LogP contribution in [0, 0.1) is 18.3 Å². The van der Waals surface area contributed by atoms with Gasteiger partial charge >= 0.3 is 0 Å². The fourth-order valence-corrected chi connectivity index (χ4v) is 2.71. The molecule has 0 bridgehead atoms. The molecule has 11 heavy (non-hydrogen) atoms. The van der Waals surface area contributed by atoms with Gasteiger partial charge in [-0.3, -0.25) is 0 Å². The van der Waals surface area contributed by atoms with E-state index < -0.39 is 0 Å². The highest BCUT2D eigenvalue weighted by atomic mass is 79.9. The van der Waals surface area contributed by atoms with Gasteiger partial charge in [0.25, 0.3) is 0 Å². The minimum atomic E-state index is 0.615. The highest BCUT2D eigenvalue weighted by Gasteiger charge is 2.01. The van der Waals surface area contributed by atoms with Gasteiger partial charge in [-0.05, 0) is 40.9 Å². The predicted molar refractivity (Wildman–Crippen MR) is 50.7 cm³/mol. The van der Waals surface area contributed by atoms with Crippen LogP contribution in [0.5, 0.6) is 0 Å². The molecule has 0 fully saturated rings. The molecule has 0 radical (unpaired) electrons. The molecular formula is C8H8BrNS. The molecule has 0 atom stereocenters. The fraction of sp³-hybridized carbons (Fsp3) is 0.375. The Hall–Kier alpha value is -0.330. The van der Waals surface area contributed by atoms with E-state index in [9.17, 15) is 0 Å². The fourth-order valence-electron chi connectivity index (χ4n) is 0.919. The van der Waals surface area contributed by atoms with Gasteiger partial charge in [-0.15, -0.1) is 11.3 Å². The van der Waals surface area contributed by atoms with Crippen LogP contribution in [0.15, 0.2) is 9.85 Å². The maximum absolute atomic E-state index is 8.37. The normalized spacial score (nSPS) is 9.55. The van der Waals surface area contributed by atoms with Crippen LogP contribution < -0.4 is 0 Å². The van der Waals surface area contributed by atoms with Crippen molar-refractivity contribution < 1.29 is 0 Å². The Balaban J connectivity index is 2.71. The number of nitriles is 1. The average molecular weight is 230 g/mol. The Labute approximate surface area is 78.8 Å². The van der Waals surface area contributed by atoms with Crippen molar-refractivity contribution >= 4 is 27.3 Å². The maximum atomic E-state index is 8.37. The molecule has 0 aliphatic heterocycles. The van der Waals surface area contributed by atoms with E-state index in [-0.39, 0.29) is 0 Å². The summed E-state index contributed by atoms with van der Waals surface area (Å²) < 4.78 is 1.16. The van der Waals surface area contributed by atoms with E-state index in [1.165, 1.54) is 10.4 Å². The van der Waals surface area contributed by atoms with Gasteiger partial charge < -0.3 is 0 Å². The second-order valence-electron chi connectivity index (χ2n) is 2.29. The lowest BCUT2D eigenvalue weighted by molar-refractivity contribution is 1.01. The van der Waals surface area contributed by atoms with Gasteiger partial charge in [0.1, 0.15) is 0 Å². The van der Waals surface area contributed by atoms with E-state index in [1.807, 2.05) is 0 Å². The molecule has 0 amide bonds. The molecule has 0 unspecified atom stereocenters. The summed E-state index contributed by atoms with van der Waals surface area (Å²) in [7, 11) is 0. The summed E-state index contributed by atoms with van der Waals surface area (Å²) in [6, 6.07) is 4.24. The first-order valence-electron chi connectivity index (χ1n) is 3.36. The molecule has 0 aliphatic carbocycles. The molecule has 0 aromatic carbocycles. The Morgan fingerprint density at radius 2 is 2.45 bits per heavy atom. The van der Waals surface area contributed by atoms with Crippen molar-refractivity contribution in [2.24, 2.45) is 0 Å². The maximum Gasteiger partial charge on any atom is 0.0704 e. The van der Waals surface area contributed by atoms with Crippen molar-refractivity contribution in [1.82, 2.24) is 0 Å². The average Bonchev–Trinajstić information content (AvgIpc) is 2.26. The third-order valence-electron chi connectivity index (χ3n) is 1.50. The second kappa shape index (κ2) is 3.89. The van der Waals surface area contributed by atoms with Crippen molar-refractivity contribution in [1.29, 1.82) is 5.26 Å². The van der Waals surface area contributed by atoms with E-state index >= 15 is 0 Å². The van der Waals surface area contributed by atoms with E-state index in [4.69, 9.17) is 5.26 Å². The molecule has 1 rings (SSSR count). The van der Waals surface area contributed by atoms with Crippen molar-refractivity contribution in [2.45, 2.75) is 19.8 Å². The predicted octanol–water partition coefficient (Wildman–Crippen LogP) is 3.28. The zero-order valence-electron chi connectivity index (χ0n) is 6.22. The summed E-state index contributed by atoms with van der Waals surface area (Å²) in [6.07, 6.45) is 1.49. The lowest BCUT2D eigenvalue weighted by Gasteiger charge is -1.91. The van der Waals surface area contributed by atoms with Crippen molar-refractivity contribution in [3.8, 4) is 6.07 Å². The molecule has 1 nitrogen and oxygen atoms in total. The van der Waals surface area contributed by atoms with Gasteiger partial charge in [0, 0.05) is 11.3 Å². The summed E-state index contributed by atoms with van der Waals surface area (Å²) >= 11 is 5.14. The van der Waals surface area contributed by atoms with Crippen molar-refractivity contribution in [3.63, 3.8) is 0 Å². The van der Waals surface area contributed by atoms with Crippen molar-refractivity contribution in [3.05, 3.63) is 20.3 Å². The van der Waals surface area contributed by atoms with Crippen LogP contribution in [-0.2, 0) is 6.42 Å². The summed E-state index contributed by atoms with van der Waals surface area (Å²) in [5.41, 5.74) is 1.29. The van der Waals surface area contributed by atoms with Crippen LogP contribution in [0.3, 0.4) is 0 Å². The number of hydrogen-bond donors (Lipinski definition) is 0. The lowest BCUT2D eigenvalue weighted by Crippen LogP contribution is -1.80. The molecule has 58 valence electrons. The van der Waals surface area contributed by atoms with Crippen LogP contribution in [-0.4, -0.2) is 0 Å². The van der Waals surface area contributed by atoms with Gasteiger partial charge in [0.15, 0.2) is 0 Å². The lowest BCUT2D eigenvalue weighted by atomic mass is 10.1.